The lowest BCUT2D eigenvalue weighted by Crippen LogP contribution is -2.31. The number of rotatable bonds is 5. The number of nitrogens with one attached hydrogen (secondary N) is 1. The Morgan fingerprint density at radius 2 is 2.00 bits per heavy atom. The van der Waals surface area contributed by atoms with Crippen molar-refractivity contribution in [1.29, 1.82) is 0 Å². The van der Waals surface area contributed by atoms with Crippen molar-refractivity contribution < 1.29 is 22.4 Å². The van der Waals surface area contributed by atoms with Crippen LogP contribution in [-0.2, 0) is 11.3 Å². The Kier molecular flexibility index (Phi) is 5.49. The molecule has 1 N–H and O–H groups in total. The summed E-state index contributed by atoms with van der Waals surface area (Å²) in [4.78, 5) is 31.8. The maximum absolute atomic E-state index is 13.9. The van der Waals surface area contributed by atoms with Gasteiger partial charge in [-0.25, -0.2) is 32.2 Å². The van der Waals surface area contributed by atoms with E-state index in [9.17, 15) is 27.2 Å². The summed E-state index contributed by atoms with van der Waals surface area (Å²) in [6.45, 7) is -0.658. The van der Waals surface area contributed by atoms with Crippen molar-refractivity contribution in [2.24, 2.45) is 0 Å². The van der Waals surface area contributed by atoms with Crippen LogP contribution in [0.25, 0.3) is 11.1 Å². The number of aromatic nitrogens is 4. The number of benzene rings is 1. The van der Waals surface area contributed by atoms with Crippen molar-refractivity contribution >= 4 is 34.3 Å². The zero-order valence-corrected chi connectivity index (χ0v) is 17.6. The molecular weight excluding hydrogens is 533 g/mol. The molecule has 0 aliphatic heterocycles. The van der Waals surface area contributed by atoms with Crippen LogP contribution in [0.1, 0.15) is 18.0 Å². The van der Waals surface area contributed by atoms with Gasteiger partial charge in [0.15, 0.2) is 11.6 Å². The molecular formula is C19H12F4IN5O2. The fraction of sp³-hybridized carbons (Fsp3) is 0.211. The SMILES string of the molecule is O=C(Cn1nc(C2CC2(F)F)c(-c2cc(F)cc(I)c2)cc1=O)Nc1ncncc1F. The van der Waals surface area contributed by atoms with E-state index in [1.165, 1.54) is 6.07 Å². The molecule has 0 spiro atoms. The zero-order valence-electron chi connectivity index (χ0n) is 15.5. The lowest BCUT2D eigenvalue weighted by Gasteiger charge is -2.13. The maximum Gasteiger partial charge on any atom is 0.267 e. The third-order valence-electron chi connectivity index (χ3n) is 4.57. The molecule has 1 amide bonds. The zero-order chi connectivity index (χ0) is 22.3. The Morgan fingerprint density at radius 1 is 1.26 bits per heavy atom. The van der Waals surface area contributed by atoms with Gasteiger partial charge >= 0.3 is 0 Å². The highest BCUT2D eigenvalue weighted by Gasteiger charge is 2.59. The quantitative estimate of drug-likeness (QED) is 0.393. The Morgan fingerprint density at radius 3 is 2.65 bits per heavy atom. The lowest BCUT2D eigenvalue weighted by molar-refractivity contribution is -0.117. The van der Waals surface area contributed by atoms with Gasteiger partial charge in [-0.05, 0) is 46.4 Å². The van der Waals surface area contributed by atoms with Crippen LogP contribution in [0.4, 0.5) is 23.4 Å². The van der Waals surface area contributed by atoms with Gasteiger partial charge in [-0.1, -0.05) is 0 Å². The predicted octanol–water partition coefficient (Wildman–Crippen LogP) is 3.34. The van der Waals surface area contributed by atoms with Crippen LogP contribution in [0.5, 0.6) is 0 Å². The third-order valence-corrected chi connectivity index (χ3v) is 5.20. The molecule has 12 heteroatoms. The monoisotopic (exact) mass is 545 g/mol. The summed E-state index contributed by atoms with van der Waals surface area (Å²) >= 11 is 1.87. The van der Waals surface area contributed by atoms with Gasteiger partial charge in [0, 0.05) is 21.6 Å². The van der Waals surface area contributed by atoms with Crippen LogP contribution in [0, 0.1) is 15.2 Å². The molecule has 0 bridgehead atoms. The van der Waals surface area contributed by atoms with Gasteiger partial charge in [0.05, 0.1) is 17.8 Å². The molecule has 1 fully saturated rings. The largest absolute Gasteiger partial charge is 0.307 e. The van der Waals surface area contributed by atoms with E-state index in [1.54, 1.807) is 6.07 Å². The number of nitrogens with zero attached hydrogens (tertiary/aromatic N) is 4. The van der Waals surface area contributed by atoms with E-state index < -0.39 is 53.7 Å². The Balaban J connectivity index is 1.70. The summed E-state index contributed by atoms with van der Waals surface area (Å²) in [5, 5.41) is 6.15. The molecule has 31 heavy (non-hydrogen) atoms. The Hall–Kier alpha value is -2.90. The molecule has 160 valence electrons. The minimum absolute atomic E-state index is 0.0723. The molecule has 1 unspecified atom stereocenters. The second-order valence-corrected chi connectivity index (χ2v) is 8.13. The van der Waals surface area contributed by atoms with Crippen molar-refractivity contribution in [3.05, 3.63) is 68.0 Å². The molecule has 2 aromatic heterocycles. The topological polar surface area (TPSA) is 89.8 Å². The first-order chi connectivity index (χ1) is 14.6. The highest BCUT2D eigenvalue weighted by Crippen LogP contribution is 2.56. The second kappa shape index (κ2) is 7.98. The van der Waals surface area contributed by atoms with Crippen molar-refractivity contribution in [2.45, 2.75) is 24.8 Å². The molecule has 0 radical (unpaired) electrons. The molecule has 1 aromatic carbocycles. The highest BCUT2D eigenvalue weighted by atomic mass is 127. The van der Waals surface area contributed by atoms with Crippen LogP contribution in [-0.4, -0.2) is 31.6 Å². The number of amides is 1. The van der Waals surface area contributed by atoms with E-state index >= 15 is 0 Å². The fourth-order valence-electron chi connectivity index (χ4n) is 3.04. The molecule has 7 nitrogen and oxygen atoms in total. The smallest absolute Gasteiger partial charge is 0.267 e. The van der Waals surface area contributed by atoms with E-state index in [1.807, 2.05) is 22.6 Å². The van der Waals surface area contributed by atoms with Crippen LogP contribution in [0.15, 0.2) is 41.6 Å². The van der Waals surface area contributed by atoms with Crippen LogP contribution < -0.4 is 10.9 Å². The fourth-order valence-corrected chi connectivity index (χ4v) is 3.67. The number of carbonyl (C=O) groups is 1. The average molecular weight is 545 g/mol. The summed E-state index contributed by atoms with van der Waals surface area (Å²) < 4.78 is 56.3. The van der Waals surface area contributed by atoms with Gasteiger partial charge < -0.3 is 5.32 Å². The van der Waals surface area contributed by atoms with Crippen molar-refractivity contribution in [3.63, 3.8) is 0 Å². The predicted molar refractivity (Wildman–Crippen MR) is 110 cm³/mol. The summed E-state index contributed by atoms with van der Waals surface area (Å²) in [5.41, 5.74) is -0.582. The van der Waals surface area contributed by atoms with Gasteiger partial charge in [0.25, 0.3) is 11.5 Å². The summed E-state index contributed by atoms with van der Waals surface area (Å²) in [6, 6.07) is 4.96. The van der Waals surface area contributed by atoms with Crippen LogP contribution >= 0.6 is 22.6 Å². The molecule has 1 saturated carbocycles. The van der Waals surface area contributed by atoms with Crippen LogP contribution in [0.3, 0.4) is 0 Å². The molecule has 1 atom stereocenters. The average Bonchev–Trinajstić information content (AvgIpc) is 3.32. The summed E-state index contributed by atoms with van der Waals surface area (Å²) in [5.74, 6) is -6.99. The van der Waals surface area contributed by atoms with E-state index in [0.29, 0.717) is 8.25 Å². The number of carbonyl (C=O) groups excluding carboxylic acids is 1. The molecule has 1 aliphatic carbocycles. The van der Waals surface area contributed by atoms with Gasteiger partial charge in [-0.2, -0.15) is 5.10 Å². The third kappa shape index (κ3) is 4.57. The number of halogens is 5. The normalized spacial score (nSPS) is 16.7. The van der Waals surface area contributed by atoms with E-state index in [0.717, 1.165) is 24.7 Å². The van der Waals surface area contributed by atoms with Gasteiger partial charge in [-0.3, -0.25) is 9.59 Å². The molecule has 4 rings (SSSR count). The lowest BCUT2D eigenvalue weighted by atomic mass is 10.0. The number of anilines is 1. The highest BCUT2D eigenvalue weighted by molar-refractivity contribution is 14.1. The Labute approximate surface area is 185 Å². The second-order valence-electron chi connectivity index (χ2n) is 6.88. The first-order valence-electron chi connectivity index (χ1n) is 8.86. The van der Waals surface area contributed by atoms with Gasteiger partial charge in [-0.15, -0.1) is 0 Å². The number of alkyl halides is 2. The first kappa shape index (κ1) is 21.3. The number of hydrogen-bond donors (Lipinski definition) is 1. The van der Waals surface area contributed by atoms with Crippen molar-refractivity contribution in [1.82, 2.24) is 19.7 Å². The van der Waals surface area contributed by atoms with Gasteiger partial charge in [0.1, 0.15) is 18.7 Å². The van der Waals surface area contributed by atoms with E-state index in [4.69, 9.17) is 0 Å². The van der Waals surface area contributed by atoms with Crippen LogP contribution in [0.2, 0.25) is 0 Å². The standard InChI is InChI=1S/C19H12F4IN5O2/c20-10-1-9(2-11(24)3-10)12-4-16(31)29(28-17(12)13-5-19(13,22)23)7-15(30)27-18-14(21)6-25-8-26-18/h1-4,6,8,13H,5,7H2,(H,25,26,27,30). The van der Waals surface area contributed by atoms with E-state index in [-0.39, 0.29) is 16.8 Å². The minimum atomic E-state index is -3.02. The first-order valence-corrected chi connectivity index (χ1v) is 9.93. The molecule has 2 heterocycles. The molecule has 1 aliphatic rings. The summed E-state index contributed by atoms with van der Waals surface area (Å²) in [6.07, 6.45) is 1.39. The van der Waals surface area contributed by atoms with Crippen molar-refractivity contribution in [2.75, 3.05) is 5.32 Å². The Bertz CT molecular complexity index is 1230. The minimum Gasteiger partial charge on any atom is -0.307 e. The molecule has 3 aromatic rings. The van der Waals surface area contributed by atoms with Crippen molar-refractivity contribution in [3.8, 4) is 11.1 Å². The maximum atomic E-state index is 13.9. The van der Waals surface area contributed by atoms with Gasteiger partial charge in [0.2, 0.25) is 5.91 Å². The van der Waals surface area contributed by atoms with E-state index in [2.05, 4.69) is 20.4 Å². The molecule has 0 saturated heterocycles. The summed E-state index contributed by atoms with van der Waals surface area (Å²) in [7, 11) is 0. The number of hydrogen-bond acceptors (Lipinski definition) is 5.